The number of carbonyl (C=O) groups excluding carboxylic acids is 2. The molecule has 0 amide bonds. The lowest BCUT2D eigenvalue weighted by Gasteiger charge is -2.21. The standard InChI is InChI=1S/C12H20O4/c1-2-15-12(14)8-10(13)9-16-11-6-4-3-5-7-11/h11H,2-9H2,1H3. The maximum atomic E-state index is 11.3. The summed E-state index contributed by atoms with van der Waals surface area (Å²) in [6, 6.07) is 0. The summed E-state index contributed by atoms with van der Waals surface area (Å²) in [5, 5.41) is 0. The maximum absolute atomic E-state index is 11.3. The zero-order chi connectivity index (χ0) is 11.8. The number of hydrogen-bond donors (Lipinski definition) is 0. The van der Waals surface area contributed by atoms with Crippen LogP contribution in [0.3, 0.4) is 0 Å². The smallest absolute Gasteiger partial charge is 0.313 e. The van der Waals surface area contributed by atoms with Gasteiger partial charge in [-0.2, -0.15) is 0 Å². The van der Waals surface area contributed by atoms with Gasteiger partial charge in [-0.25, -0.2) is 0 Å². The van der Waals surface area contributed by atoms with E-state index in [-0.39, 0.29) is 24.9 Å². The molecule has 1 aliphatic carbocycles. The van der Waals surface area contributed by atoms with Gasteiger partial charge in [0.05, 0.1) is 12.7 Å². The van der Waals surface area contributed by atoms with E-state index in [0.717, 1.165) is 12.8 Å². The summed E-state index contributed by atoms with van der Waals surface area (Å²) in [5.41, 5.74) is 0. The van der Waals surface area contributed by atoms with Crippen LogP contribution in [0, 0.1) is 0 Å². The quantitative estimate of drug-likeness (QED) is 0.514. The zero-order valence-electron chi connectivity index (χ0n) is 9.87. The number of rotatable bonds is 6. The first kappa shape index (κ1) is 13.2. The molecule has 4 heteroatoms. The van der Waals surface area contributed by atoms with Crippen LogP contribution < -0.4 is 0 Å². The first-order valence-electron chi connectivity index (χ1n) is 6.01. The number of ketones is 1. The maximum Gasteiger partial charge on any atom is 0.313 e. The second-order valence-corrected chi connectivity index (χ2v) is 4.09. The third kappa shape index (κ3) is 5.26. The monoisotopic (exact) mass is 228 g/mol. The van der Waals surface area contributed by atoms with Crippen molar-refractivity contribution < 1.29 is 19.1 Å². The topological polar surface area (TPSA) is 52.6 Å². The molecule has 1 aliphatic rings. The fourth-order valence-corrected chi connectivity index (χ4v) is 1.87. The van der Waals surface area contributed by atoms with Crippen LogP contribution in [-0.2, 0) is 19.1 Å². The molecule has 92 valence electrons. The molecule has 0 aromatic heterocycles. The Morgan fingerprint density at radius 3 is 2.50 bits per heavy atom. The molecule has 1 saturated carbocycles. The largest absolute Gasteiger partial charge is 0.466 e. The van der Waals surface area contributed by atoms with Gasteiger partial charge in [0.2, 0.25) is 0 Å². The summed E-state index contributed by atoms with van der Waals surface area (Å²) in [4.78, 5) is 22.4. The van der Waals surface area contributed by atoms with Gasteiger partial charge in [0, 0.05) is 0 Å². The lowest BCUT2D eigenvalue weighted by molar-refractivity contribution is -0.147. The number of hydrogen-bond acceptors (Lipinski definition) is 4. The molecule has 0 N–H and O–H groups in total. The molecule has 0 aliphatic heterocycles. The average molecular weight is 228 g/mol. The third-order valence-electron chi connectivity index (χ3n) is 2.68. The van der Waals surface area contributed by atoms with Crippen molar-refractivity contribution in [1.82, 2.24) is 0 Å². The summed E-state index contributed by atoms with van der Waals surface area (Å²) in [5.74, 6) is -0.649. The van der Waals surface area contributed by atoms with Crippen LogP contribution >= 0.6 is 0 Å². The van der Waals surface area contributed by atoms with Crippen molar-refractivity contribution in [3.05, 3.63) is 0 Å². The Bertz CT molecular complexity index is 231. The van der Waals surface area contributed by atoms with Crippen LogP contribution in [0.4, 0.5) is 0 Å². The van der Waals surface area contributed by atoms with Gasteiger partial charge in [-0.3, -0.25) is 9.59 Å². The van der Waals surface area contributed by atoms with Gasteiger partial charge in [-0.15, -0.1) is 0 Å². The Morgan fingerprint density at radius 2 is 1.88 bits per heavy atom. The van der Waals surface area contributed by atoms with Crippen molar-refractivity contribution in [2.45, 2.75) is 51.6 Å². The Hall–Kier alpha value is -0.900. The van der Waals surface area contributed by atoms with E-state index in [1.54, 1.807) is 6.92 Å². The van der Waals surface area contributed by atoms with Gasteiger partial charge < -0.3 is 9.47 Å². The molecular weight excluding hydrogens is 208 g/mol. The minimum Gasteiger partial charge on any atom is -0.466 e. The zero-order valence-corrected chi connectivity index (χ0v) is 9.87. The Balaban J connectivity index is 2.11. The molecule has 0 saturated heterocycles. The highest BCUT2D eigenvalue weighted by Gasteiger charge is 2.16. The number of esters is 1. The summed E-state index contributed by atoms with van der Waals surface area (Å²) in [7, 11) is 0. The second kappa shape index (κ2) is 7.39. The molecule has 0 atom stereocenters. The van der Waals surface area contributed by atoms with E-state index in [9.17, 15) is 9.59 Å². The first-order chi connectivity index (χ1) is 7.72. The van der Waals surface area contributed by atoms with Crippen molar-refractivity contribution in [3.8, 4) is 0 Å². The van der Waals surface area contributed by atoms with E-state index in [1.807, 2.05) is 0 Å². The van der Waals surface area contributed by atoms with E-state index in [4.69, 9.17) is 4.74 Å². The van der Waals surface area contributed by atoms with E-state index < -0.39 is 5.97 Å². The van der Waals surface area contributed by atoms with Crippen molar-refractivity contribution in [1.29, 1.82) is 0 Å². The van der Waals surface area contributed by atoms with Crippen molar-refractivity contribution in [3.63, 3.8) is 0 Å². The Morgan fingerprint density at radius 1 is 1.19 bits per heavy atom. The Kier molecular flexibility index (Phi) is 6.08. The molecule has 0 heterocycles. The molecule has 0 spiro atoms. The van der Waals surface area contributed by atoms with E-state index >= 15 is 0 Å². The van der Waals surface area contributed by atoms with Gasteiger partial charge >= 0.3 is 5.97 Å². The minimum absolute atomic E-state index is 0.0451. The molecule has 1 fully saturated rings. The van der Waals surface area contributed by atoms with Crippen LogP contribution in [0.1, 0.15) is 45.4 Å². The summed E-state index contributed by atoms with van der Waals surface area (Å²) in [6.45, 7) is 2.08. The van der Waals surface area contributed by atoms with Gasteiger partial charge in [-0.1, -0.05) is 19.3 Å². The average Bonchev–Trinajstić information content (AvgIpc) is 2.28. The second-order valence-electron chi connectivity index (χ2n) is 4.09. The van der Waals surface area contributed by atoms with Crippen molar-refractivity contribution >= 4 is 11.8 Å². The fourth-order valence-electron chi connectivity index (χ4n) is 1.87. The van der Waals surface area contributed by atoms with Gasteiger partial charge in [0.1, 0.15) is 13.0 Å². The van der Waals surface area contributed by atoms with Crippen LogP contribution in [0.25, 0.3) is 0 Å². The molecule has 0 bridgehead atoms. The van der Waals surface area contributed by atoms with Gasteiger partial charge in [-0.05, 0) is 19.8 Å². The highest BCUT2D eigenvalue weighted by molar-refractivity contribution is 5.96. The lowest BCUT2D eigenvalue weighted by Crippen LogP contribution is -2.22. The lowest BCUT2D eigenvalue weighted by atomic mass is 9.98. The molecule has 0 radical (unpaired) electrons. The Labute approximate surface area is 96.3 Å². The summed E-state index contributed by atoms with van der Waals surface area (Å²) >= 11 is 0. The molecule has 4 nitrogen and oxygen atoms in total. The van der Waals surface area contributed by atoms with E-state index in [1.165, 1.54) is 19.3 Å². The third-order valence-corrected chi connectivity index (χ3v) is 2.68. The number of carbonyl (C=O) groups is 2. The van der Waals surface area contributed by atoms with Gasteiger partial charge in [0.25, 0.3) is 0 Å². The van der Waals surface area contributed by atoms with Crippen LogP contribution in [0.5, 0.6) is 0 Å². The molecule has 16 heavy (non-hydrogen) atoms. The molecule has 0 unspecified atom stereocenters. The predicted molar refractivity (Wildman–Crippen MR) is 59.1 cm³/mol. The predicted octanol–water partition coefficient (Wildman–Crippen LogP) is 1.86. The molecule has 1 rings (SSSR count). The number of ether oxygens (including phenoxy) is 2. The SMILES string of the molecule is CCOC(=O)CC(=O)COC1CCCCC1. The first-order valence-corrected chi connectivity index (χ1v) is 6.01. The summed E-state index contributed by atoms with van der Waals surface area (Å²) in [6.07, 6.45) is 5.73. The normalized spacial score (nSPS) is 17.1. The van der Waals surface area contributed by atoms with Crippen molar-refractivity contribution in [2.24, 2.45) is 0 Å². The van der Waals surface area contributed by atoms with Crippen LogP contribution in [0.15, 0.2) is 0 Å². The minimum atomic E-state index is -0.459. The van der Waals surface area contributed by atoms with Gasteiger partial charge in [0.15, 0.2) is 5.78 Å². The van der Waals surface area contributed by atoms with Crippen LogP contribution in [-0.4, -0.2) is 31.1 Å². The number of Topliss-reactive ketones (excluding diaryl/α,β-unsaturated/α-hetero) is 1. The highest BCUT2D eigenvalue weighted by Crippen LogP contribution is 2.20. The van der Waals surface area contributed by atoms with E-state index in [2.05, 4.69) is 4.74 Å². The molecule has 0 aromatic carbocycles. The fraction of sp³-hybridized carbons (Fsp3) is 0.833. The highest BCUT2D eigenvalue weighted by atomic mass is 16.5. The molecule has 0 aromatic rings. The summed E-state index contributed by atoms with van der Waals surface area (Å²) < 4.78 is 10.2. The van der Waals surface area contributed by atoms with Crippen molar-refractivity contribution in [2.75, 3.05) is 13.2 Å². The van der Waals surface area contributed by atoms with E-state index in [0.29, 0.717) is 6.61 Å². The molecular formula is C12H20O4. The van der Waals surface area contributed by atoms with Crippen LogP contribution in [0.2, 0.25) is 0 Å².